The molecule has 3 nitrogen and oxygen atoms in total. The maximum atomic E-state index is 10.6. The number of methoxy groups -OCH3 is 2. The first-order chi connectivity index (χ1) is 9.08. The van der Waals surface area contributed by atoms with E-state index in [0.717, 1.165) is 12.0 Å². The first kappa shape index (κ1) is 14.5. The third-order valence-electron chi connectivity index (χ3n) is 4.15. The average Bonchev–Trinajstić information content (AvgIpc) is 2.83. The van der Waals surface area contributed by atoms with Crippen molar-refractivity contribution < 1.29 is 14.6 Å². The van der Waals surface area contributed by atoms with Gasteiger partial charge in [-0.1, -0.05) is 31.4 Å². The molecule has 1 aliphatic rings. The van der Waals surface area contributed by atoms with Gasteiger partial charge in [0, 0.05) is 11.6 Å². The number of hydrogen-bond donors (Lipinski definition) is 1. The van der Waals surface area contributed by atoms with Crippen molar-refractivity contribution >= 4 is 11.6 Å². The molecule has 0 heterocycles. The molecule has 0 aromatic heterocycles. The van der Waals surface area contributed by atoms with Crippen molar-refractivity contribution in [1.82, 2.24) is 0 Å². The van der Waals surface area contributed by atoms with Crippen LogP contribution < -0.4 is 9.47 Å². The SMILES string of the molecule is COc1cc(Cl)c(C(O)C2CCCC2C)cc1OC. The third-order valence-corrected chi connectivity index (χ3v) is 4.48. The molecule has 0 aliphatic heterocycles. The summed E-state index contributed by atoms with van der Waals surface area (Å²) in [4.78, 5) is 0. The molecule has 0 radical (unpaired) electrons. The average molecular weight is 285 g/mol. The Kier molecular flexibility index (Phi) is 4.58. The highest BCUT2D eigenvalue weighted by molar-refractivity contribution is 6.31. The first-order valence-electron chi connectivity index (χ1n) is 6.68. The molecule has 1 aromatic carbocycles. The maximum absolute atomic E-state index is 10.6. The Labute approximate surface area is 119 Å². The quantitative estimate of drug-likeness (QED) is 0.913. The topological polar surface area (TPSA) is 38.7 Å². The lowest BCUT2D eigenvalue weighted by atomic mass is 9.88. The van der Waals surface area contributed by atoms with E-state index in [1.54, 1.807) is 26.4 Å². The fourth-order valence-corrected chi connectivity index (χ4v) is 3.24. The van der Waals surface area contributed by atoms with E-state index in [1.165, 1.54) is 12.8 Å². The van der Waals surface area contributed by atoms with Crippen LogP contribution in [-0.2, 0) is 0 Å². The summed E-state index contributed by atoms with van der Waals surface area (Å²) in [6, 6.07) is 3.50. The zero-order chi connectivity index (χ0) is 14.0. The number of hydrogen-bond acceptors (Lipinski definition) is 3. The molecular formula is C15H21ClO3. The van der Waals surface area contributed by atoms with E-state index in [0.29, 0.717) is 22.4 Å². The van der Waals surface area contributed by atoms with Crippen molar-refractivity contribution in [2.45, 2.75) is 32.3 Å². The van der Waals surface area contributed by atoms with E-state index in [2.05, 4.69) is 6.92 Å². The molecule has 1 N–H and O–H groups in total. The van der Waals surface area contributed by atoms with E-state index >= 15 is 0 Å². The summed E-state index contributed by atoms with van der Waals surface area (Å²) in [5.41, 5.74) is 0.734. The lowest BCUT2D eigenvalue weighted by molar-refractivity contribution is 0.0898. The Morgan fingerprint density at radius 3 is 2.37 bits per heavy atom. The Hall–Kier alpha value is -0.930. The minimum atomic E-state index is -0.537. The van der Waals surface area contributed by atoms with Gasteiger partial charge in [-0.3, -0.25) is 0 Å². The van der Waals surface area contributed by atoms with Gasteiger partial charge in [-0.25, -0.2) is 0 Å². The number of halogens is 1. The van der Waals surface area contributed by atoms with Gasteiger partial charge in [0.25, 0.3) is 0 Å². The number of ether oxygens (including phenoxy) is 2. The highest BCUT2D eigenvalue weighted by Gasteiger charge is 2.32. The summed E-state index contributed by atoms with van der Waals surface area (Å²) < 4.78 is 10.5. The molecule has 106 valence electrons. The third kappa shape index (κ3) is 2.82. The molecule has 3 atom stereocenters. The largest absolute Gasteiger partial charge is 0.493 e. The minimum Gasteiger partial charge on any atom is -0.493 e. The van der Waals surface area contributed by atoms with Crippen LogP contribution >= 0.6 is 11.6 Å². The van der Waals surface area contributed by atoms with E-state index < -0.39 is 6.10 Å². The summed E-state index contributed by atoms with van der Waals surface area (Å²) in [6.45, 7) is 2.19. The molecule has 3 unspecified atom stereocenters. The second-order valence-electron chi connectivity index (χ2n) is 5.25. The van der Waals surface area contributed by atoms with Gasteiger partial charge >= 0.3 is 0 Å². The van der Waals surface area contributed by atoms with E-state index in [4.69, 9.17) is 21.1 Å². The molecule has 0 saturated heterocycles. The van der Waals surface area contributed by atoms with Gasteiger partial charge in [0.2, 0.25) is 0 Å². The van der Waals surface area contributed by atoms with Crippen molar-refractivity contribution in [2.24, 2.45) is 11.8 Å². The van der Waals surface area contributed by atoms with Crippen LogP contribution in [0.25, 0.3) is 0 Å². The molecule has 1 aromatic rings. The van der Waals surface area contributed by atoms with Crippen LogP contribution in [-0.4, -0.2) is 19.3 Å². The van der Waals surface area contributed by atoms with E-state index in [1.807, 2.05) is 0 Å². The minimum absolute atomic E-state index is 0.274. The summed E-state index contributed by atoms with van der Waals surface area (Å²) >= 11 is 6.26. The van der Waals surface area contributed by atoms with Crippen LogP contribution in [0.5, 0.6) is 11.5 Å². The molecule has 1 saturated carbocycles. The van der Waals surface area contributed by atoms with Gasteiger partial charge < -0.3 is 14.6 Å². The van der Waals surface area contributed by atoms with Crippen LogP contribution in [0.3, 0.4) is 0 Å². The number of benzene rings is 1. The number of aliphatic hydroxyl groups excluding tert-OH is 1. The lowest BCUT2D eigenvalue weighted by Crippen LogP contribution is -2.15. The van der Waals surface area contributed by atoms with Gasteiger partial charge in [0.1, 0.15) is 0 Å². The smallest absolute Gasteiger partial charge is 0.162 e. The summed E-state index contributed by atoms with van der Waals surface area (Å²) in [7, 11) is 3.16. The molecule has 4 heteroatoms. The van der Waals surface area contributed by atoms with Crippen LogP contribution in [0.15, 0.2) is 12.1 Å². The molecule has 0 amide bonds. The lowest BCUT2D eigenvalue weighted by Gasteiger charge is -2.24. The number of aliphatic hydroxyl groups is 1. The van der Waals surface area contributed by atoms with Gasteiger partial charge in [0.05, 0.1) is 25.3 Å². The van der Waals surface area contributed by atoms with E-state index in [-0.39, 0.29) is 5.92 Å². The molecule has 0 spiro atoms. The first-order valence-corrected chi connectivity index (χ1v) is 7.05. The monoisotopic (exact) mass is 284 g/mol. The van der Waals surface area contributed by atoms with E-state index in [9.17, 15) is 5.11 Å². The molecule has 1 aliphatic carbocycles. The normalized spacial score (nSPS) is 24.3. The van der Waals surface area contributed by atoms with Crippen LogP contribution in [0, 0.1) is 11.8 Å². The van der Waals surface area contributed by atoms with Gasteiger partial charge in [-0.15, -0.1) is 0 Å². The Morgan fingerprint density at radius 2 is 1.84 bits per heavy atom. The van der Waals surface area contributed by atoms with Gasteiger partial charge in [0.15, 0.2) is 11.5 Å². The van der Waals surface area contributed by atoms with Crippen molar-refractivity contribution in [1.29, 1.82) is 0 Å². The number of rotatable bonds is 4. The molecule has 1 fully saturated rings. The standard InChI is InChI=1S/C15H21ClO3/c1-9-5-4-6-10(9)15(17)11-7-13(18-2)14(19-3)8-12(11)16/h7-10,15,17H,4-6H2,1-3H3. The molecule has 2 rings (SSSR count). The Bertz CT molecular complexity index is 447. The second kappa shape index (κ2) is 6.02. The van der Waals surface area contributed by atoms with Crippen LogP contribution in [0.1, 0.15) is 37.9 Å². The van der Waals surface area contributed by atoms with Crippen molar-refractivity contribution in [3.8, 4) is 11.5 Å². The maximum Gasteiger partial charge on any atom is 0.162 e. The highest BCUT2D eigenvalue weighted by Crippen LogP contribution is 2.44. The Morgan fingerprint density at radius 1 is 1.21 bits per heavy atom. The summed E-state index contributed by atoms with van der Waals surface area (Å²) in [5, 5.41) is 11.1. The second-order valence-corrected chi connectivity index (χ2v) is 5.65. The predicted molar refractivity (Wildman–Crippen MR) is 76.0 cm³/mol. The van der Waals surface area contributed by atoms with Crippen molar-refractivity contribution in [2.75, 3.05) is 14.2 Å². The fourth-order valence-electron chi connectivity index (χ4n) is 2.97. The van der Waals surface area contributed by atoms with Crippen LogP contribution in [0.4, 0.5) is 0 Å². The van der Waals surface area contributed by atoms with Gasteiger partial charge in [-0.05, 0) is 24.3 Å². The van der Waals surface area contributed by atoms with Crippen molar-refractivity contribution in [3.05, 3.63) is 22.7 Å². The molecular weight excluding hydrogens is 264 g/mol. The summed E-state index contributed by atoms with van der Waals surface area (Å²) in [5.74, 6) is 1.99. The predicted octanol–water partition coefficient (Wildman–Crippen LogP) is 3.83. The molecule has 0 bridgehead atoms. The fraction of sp³-hybridized carbons (Fsp3) is 0.600. The Balaban J connectivity index is 2.33. The zero-order valence-electron chi connectivity index (χ0n) is 11.6. The summed E-state index contributed by atoms with van der Waals surface area (Å²) in [6.07, 6.45) is 2.86. The van der Waals surface area contributed by atoms with Crippen LogP contribution in [0.2, 0.25) is 5.02 Å². The molecule has 19 heavy (non-hydrogen) atoms. The van der Waals surface area contributed by atoms with Crippen molar-refractivity contribution in [3.63, 3.8) is 0 Å². The zero-order valence-corrected chi connectivity index (χ0v) is 12.4. The highest BCUT2D eigenvalue weighted by atomic mass is 35.5. The van der Waals surface area contributed by atoms with Gasteiger partial charge in [-0.2, -0.15) is 0 Å².